The molecule has 1 unspecified atom stereocenters. The van der Waals surface area contributed by atoms with Gasteiger partial charge < -0.3 is 4.74 Å². The Hall–Kier alpha value is -1.02. The van der Waals surface area contributed by atoms with Gasteiger partial charge in [0.1, 0.15) is 5.69 Å². The monoisotopic (exact) mass is 386 g/mol. The quantitative estimate of drug-likeness (QED) is 0.623. The maximum Gasteiger partial charge on any atom is 0.237 e. The molecule has 0 bridgehead atoms. The molecule has 3 N–H and O–H groups in total. The van der Waals surface area contributed by atoms with Crippen LogP contribution in [0.4, 0.5) is 0 Å². The van der Waals surface area contributed by atoms with E-state index in [4.69, 9.17) is 10.6 Å². The average molecular weight is 388 g/mol. The standard InChI is InChI=1S/C12H12Br2N4O/c1-19-12-11(16-4-5-17-12)10(18-15)8-3-2-7(13)6-9(8)14/h2-6,10,18H,15H2,1H3. The third kappa shape index (κ3) is 3.11. The van der Waals surface area contributed by atoms with Crippen molar-refractivity contribution >= 4 is 31.9 Å². The molecule has 0 aliphatic carbocycles. The number of hydrazine groups is 1. The minimum absolute atomic E-state index is 0.314. The molecule has 0 saturated carbocycles. The summed E-state index contributed by atoms with van der Waals surface area (Å²) in [5, 5.41) is 0. The zero-order chi connectivity index (χ0) is 13.8. The van der Waals surface area contributed by atoms with Crippen molar-refractivity contribution in [3.8, 4) is 5.88 Å². The molecular weight excluding hydrogens is 376 g/mol. The molecule has 100 valence electrons. The van der Waals surface area contributed by atoms with E-state index in [9.17, 15) is 0 Å². The number of methoxy groups -OCH3 is 1. The van der Waals surface area contributed by atoms with Gasteiger partial charge in [0.2, 0.25) is 5.88 Å². The summed E-state index contributed by atoms with van der Waals surface area (Å²) in [7, 11) is 1.55. The van der Waals surface area contributed by atoms with Gasteiger partial charge in [-0.05, 0) is 17.7 Å². The van der Waals surface area contributed by atoms with Gasteiger partial charge in [-0.15, -0.1) is 0 Å². The molecule has 1 heterocycles. The second-order valence-corrected chi connectivity index (χ2v) is 5.49. The Morgan fingerprint density at radius 2 is 2.00 bits per heavy atom. The second kappa shape index (κ2) is 6.42. The summed E-state index contributed by atoms with van der Waals surface area (Å²) in [6.07, 6.45) is 3.18. The van der Waals surface area contributed by atoms with Gasteiger partial charge in [0, 0.05) is 21.3 Å². The molecule has 0 aliphatic heterocycles. The first-order valence-electron chi connectivity index (χ1n) is 5.43. The van der Waals surface area contributed by atoms with E-state index < -0.39 is 0 Å². The van der Waals surface area contributed by atoms with Crippen LogP contribution in [0.3, 0.4) is 0 Å². The number of hydrogen-bond donors (Lipinski definition) is 2. The normalized spacial score (nSPS) is 12.2. The Bertz CT molecular complexity index is 579. The Morgan fingerprint density at radius 3 is 2.63 bits per heavy atom. The van der Waals surface area contributed by atoms with E-state index in [2.05, 4.69) is 47.3 Å². The largest absolute Gasteiger partial charge is 0.480 e. The van der Waals surface area contributed by atoms with E-state index in [1.54, 1.807) is 19.5 Å². The molecule has 0 fully saturated rings. The molecule has 7 heteroatoms. The Balaban J connectivity index is 2.50. The van der Waals surface area contributed by atoms with Crippen LogP contribution in [-0.4, -0.2) is 17.1 Å². The Labute approximate surface area is 127 Å². The average Bonchev–Trinajstić information content (AvgIpc) is 2.42. The topological polar surface area (TPSA) is 73.1 Å². The molecule has 0 aliphatic rings. The maximum absolute atomic E-state index is 5.66. The van der Waals surface area contributed by atoms with Crippen LogP contribution in [0.25, 0.3) is 0 Å². The molecule has 0 spiro atoms. The minimum Gasteiger partial charge on any atom is -0.480 e. The highest BCUT2D eigenvalue weighted by Crippen LogP contribution is 2.32. The smallest absolute Gasteiger partial charge is 0.237 e. The van der Waals surface area contributed by atoms with Gasteiger partial charge in [0.25, 0.3) is 0 Å². The Morgan fingerprint density at radius 1 is 1.26 bits per heavy atom. The van der Waals surface area contributed by atoms with Crippen molar-refractivity contribution in [2.75, 3.05) is 7.11 Å². The van der Waals surface area contributed by atoms with Crippen LogP contribution in [0.2, 0.25) is 0 Å². The number of nitrogens with two attached hydrogens (primary N) is 1. The predicted molar refractivity (Wildman–Crippen MR) is 79.6 cm³/mol. The predicted octanol–water partition coefficient (Wildman–Crippen LogP) is 2.56. The number of nitrogens with one attached hydrogen (secondary N) is 1. The molecule has 1 aromatic heterocycles. The lowest BCUT2D eigenvalue weighted by molar-refractivity contribution is 0.383. The van der Waals surface area contributed by atoms with Crippen molar-refractivity contribution in [2.45, 2.75) is 6.04 Å². The van der Waals surface area contributed by atoms with Crippen molar-refractivity contribution < 1.29 is 4.74 Å². The Kier molecular flexibility index (Phi) is 4.87. The van der Waals surface area contributed by atoms with E-state index in [0.717, 1.165) is 14.5 Å². The number of halogens is 2. The zero-order valence-electron chi connectivity index (χ0n) is 10.1. The summed E-state index contributed by atoms with van der Waals surface area (Å²) in [5.74, 6) is 6.11. The fourth-order valence-corrected chi connectivity index (χ4v) is 3.02. The van der Waals surface area contributed by atoms with Gasteiger partial charge in [0.05, 0.1) is 13.2 Å². The summed E-state index contributed by atoms with van der Waals surface area (Å²) < 4.78 is 7.11. The van der Waals surface area contributed by atoms with Crippen LogP contribution in [0.1, 0.15) is 17.3 Å². The molecule has 2 aromatic rings. The highest BCUT2D eigenvalue weighted by molar-refractivity contribution is 9.11. The lowest BCUT2D eigenvalue weighted by Crippen LogP contribution is -2.30. The van der Waals surface area contributed by atoms with Gasteiger partial charge in [-0.1, -0.05) is 37.9 Å². The van der Waals surface area contributed by atoms with E-state index in [-0.39, 0.29) is 6.04 Å². The van der Waals surface area contributed by atoms with E-state index in [0.29, 0.717) is 11.6 Å². The summed E-state index contributed by atoms with van der Waals surface area (Å²) in [4.78, 5) is 8.43. The van der Waals surface area contributed by atoms with Crippen molar-refractivity contribution in [3.05, 3.63) is 50.8 Å². The van der Waals surface area contributed by atoms with Crippen LogP contribution in [0.5, 0.6) is 5.88 Å². The number of nitrogens with zero attached hydrogens (tertiary/aromatic N) is 2. The third-order valence-corrected chi connectivity index (χ3v) is 3.78. The molecule has 5 nitrogen and oxygen atoms in total. The number of aromatic nitrogens is 2. The van der Waals surface area contributed by atoms with E-state index >= 15 is 0 Å². The second-order valence-electron chi connectivity index (χ2n) is 3.72. The summed E-state index contributed by atoms with van der Waals surface area (Å²) in [6.45, 7) is 0. The van der Waals surface area contributed by atoms with Gasteiger partial charge in [-0.25, -0.2) is 10.4 Å². The molecule has 1 aromatic carbocycles. The van der Waals surface area contributed by atoms with Gasteiger partial charge in [0.15, 0.2) is 0 Å². The highest BCUT2D eigenvalue weighted by atomic mass is 79.9. The fourth-order valence-electron chi connectivity index (χ4n) is 1.74. The molecule has 2 rings (SSSR count). The van der Waals surface area contributed by atoms with Gasteiger partial charge in [-0.2, -0.15) is 0 Å². The van der Waals surface area contributed by atoms with Crippen LogP contribution in [0, 0.1) is 0 Å². The van der Waals surface area contributed by atoms with Crippen LogP contribution < -0.4 is 16.0 Å². The lowest BCUT2D eigenvalue weighted by atomic mass is 10.0. The first-order chi connectivity index (χ1) is 9.17. The first-order valence-corrected chi connectivity index (χ1v) is 7.02. The summed E-state index contributed by atoms with van der Waals surface area (Å²) in [5.41, 5.74) is 4.33. The van der Waals surface area contributed by atoms with Crippen LogP contribution in [0.15, 0.2) is 39.5 Å². The third-order valence-electron chi connectivity index (χ3n) is 2.60. The molecule has 19 heavy (non-hydrogen) atoms. The molecule has 0 radical (unpaired) electrons. The van der Waals surface area contributed by atoms with Crippen LogP contribution >= 0.6 is 31.9 Å². The number of ether oxygens (including phenoxy) is 1. The molecule has 0 saturated heterocycles. The van der Waals surface area contributed by atoms with Gasteiger partial charge >= 0.3 is 0 Å². The number of benzene rings is 1. The van der Waals surface area contributed by atoms with Crippen LogP contribution in [-0.2, 0) is 0 Å². The SMILES string of the molecule is COc1nccnc1C(NN)c1ccc(Br)cc1Br. The first kappa shape index (κ1) is 14.4. The number of hydrogen-bond acceptors (Lipinski definition) is 5. The summed E-state index contributed by atoms with van der Waals surface area (Å²) in [6, 6.07) is 5.52. The highest BCUT2D eigenvalue weighted by Gasteiger charge is 2.21. The van der Waals surface area contributed by atoms with Crippen molar-refractivity contribution in [3.63, 3.8) is 0 Å². The number of rotatable bonds is 4. The maximum atomic E-state index is 5.66. The van der Waals surface area contributed by atoms with E-state index in [1.165, 1.54) is 0 Å². The summed E-state index contributed by atoms with van der Waals surface area (Å²) >= 11 is 6.94. The van der Waals surface area contributed by atoms with Crippen molar-refractivity contribution in [2.24, 2.45) is 5.84 Å². The lowest BCUT2D eigenvalue weighted by Gasteiger charge is -2.18. The minimum atomic E-state index is -0.314. The van der Waals surface area contributed by atoms with Crippen molar-refractivity contribution in [1.82, 2.24) is 15.4 Å². The molecule has 0 amide bonds. The van der Waals surface area contributed by atoms with E-state index in [1.807, 2.05) is 18.2 Å². The van der Waals surface area contributed by atoms with Crippen molar-refractivity contribution in [1.29, 1.82) is 0 Å². The van der Waals surface area contributed by atoms with Gasteiger partial charge in [-0.3, -0.25) is 10.8 Å². The zero-order valence-corrected chi connectivity index (χ0v) is 13.3. The fraction of sp³-hybridized carbons (Fsp3) is 0.167. The molecular formula is C12H12Br2N4O. The molecule has 1 atom stereocenters.